The summed E-state index contributed by atoms with van der Waals surface area (Å²) < 4.78 is 39.1. The number of nitrogens with zero attached hydrogens (tertiary/aromatic N) is 2. The molecular weight excluding hydrogens is 289 g/mol. The van der Waals surface area contributed by atoms with Gasteiger partial charge in [0.15, 0.2) is 0 Å². The summed E-state index contributed by atoms with van der Waals surface area (Å²) in [6, 6.07) is 0. The summed E-state index contributed by atoms with van der Waals surface area (Å²) in [7, 11) is -0.535. The van der Waals surface area contributed by atoms with Gasteiger partial charge in [-0.2, -0.15) is 5.10 Å². The maximum atomic E-state index is 12.8. The molecule has 1 aliphatic carbocycles. The smallest absolute Gasteiger partial charge is 0.399 e. The summed E-state index contributed by atoms with van der Waals surface area (Å²) in [6.45, 7) is 9.39. The third kappa shape index (κ3) is 2.58. The molecule has 0 bridgehead atoms. The molecule has 0 unspecified atom stereocenters. The van der Waals surface area contributed by atoms with Gasteiger partial charge in [-0.3, -0.25) is 4.68 Å². The van der Waals surface area contributed by atoms with Crippen LogP contribution in [0.15, 0.2) is 0 Å². The quantitative estimate of drug-likeness (QED) is 0.802. The number of halogens is 2. The number of hydrogen-bond acceptors (Lipinski definition) is 3. The Labute approximate surface area is 130 Å². The van der Waals surface area contributed by atoms with E-state index in [1.807, 2.05) is 34.6 Å². The molecule has 0 amide bonds. The lowest BCUT2D eigenvalue weighted by Gasteiger charge is -2.32. The van der Waals surface area contributed by atoms with Crippen LogP contribution >= 0.6 is 0 Å². The molecule has 2 aliphatic rings. The molecule has 2 heterocycles. The van der Waals surface area contributed by atoms with Gasteiger partial charge in [-0.15, -0.1) is 0 Å². The Morgan fingerprint density at radius 2 is 1.77 bits per heavy atom. The average Bonchev–Trinajstić information content (AvgIpc) is 3.10. The standard InChI is InChI=1S/C15H23BF2N2O2/c1-9-12(16-21-14(2,3)15(4,5)22-16)13(10-6-7-10)19-20(9)8-11(17)18/h10-11H,6-8H2,1-5H3. The molecule has 3 rings (SSSR count). The van der Waals surface area contributed by atoms with Gasteiger partial charge in [-0.25, -0.2) is 8.78 Å². The summed E-state index contributed by atoms with van der Waals surface area (Å²) in [4.78, 5) is 0. The normalized spacial score (nSPS) is 23.5. The van der Waals surface area contributed by atoms with Crippen LogP contribution in [0.4, 0.5) is 8.78 Å². The molecule has 0 atom stereocenters. The van der Waals surface area contributed by atoms with Crippen molar-refractivity contribution in [3.05, 3.63) is 11.4 Å². The van der Waals surface area contributed by atoms with Gasteiger partial charge in [0.1, 0.15) is 6.54 Å². The lowest BCUT2D eigenvalue weighted by Crippen LogP contribution is -2.41. The first kappa shape index (κ1) is 15.9. The van der Waals surface area contributed by atoms with Crippen LogP contribution in [0.1, 0.15) is 57.8 Å². The summed E-state index contributed by atoms with van der Waals surface area (Å²) in [5.74, 6) is 0.353. The van der Waals surface area contributed by atoms with Crippen molar-refractivity contribution in [2.24, 2.45) is 0 Å². The summed E-state index contributed by atoms with van der Waals surface area (Å²) in [5, 5.41) is 4.43. The molecule has 0 N–H and O–H groups in total. The average molecular weight is 312 g/mol. The fourth-order valence-corrected chi connectivity index (χ4v) is 2.80. The van der Waals surface area contributed by atoms with E-state index >= 15 is 0 Å². The Balaban J connectivity index is 1.98. The molecule has 0 radical (unpaired) electrons. The fourth-order valence-electron chi connectivity index (χ4n) is 2.80. The highest BCUT2D eigenvalue weighted by Gasteiger charge is 2.54. The second kappa shape index (κ2) is 5.03. The molecule has 7 heteroatoms. The Bertz CT molecular complexity index is 566. The minimum absolute atomic E-state index is 0.353. The maximum absolute atomic E-state index is 12.8. The van der Waals surface area contributed by atoms with Crippen molar-refractivity contribution in [1.82, 2.24) is 9.78 Å². The molecule has 1 aliphatic heterocycles. The van der Waals surface area contributed by atoms with Crippen LogP contribution in [0.25, 0.3) is 0 Å². The number of alkyl halides is 2. The van der Waals surface area contributed by atoms with Gasteiger partial charge in [0.2, 0.25) is 0 Å². The van der Waals surface area contributed by atoms with Crippen LogP contribution in [-0.4, -0.2) is 34.5 Å². The molecule has 22 heavy (non-hydrogen) atoms. The highest BCUT2D eigenvalue weighted by Crippen LogP contribution is 2.41. The molecular formula is C15H23BF2N2O2. The van der Waals surface area contributed by atoms with E-state index < -0.39 is 24.7 Å². The van der Waals surface area contributed by atoms with E-state index in [0.717, 1.165) is 29.7 Å². The fraction of sp³-hybridized carbons (Fsp3) is 0.800. The lowest BCUT2D eigenvalue weighted by atomic mass is 9.76. The van der Waals surface area contributed by atoms with E-state index in [1.54, 1.807) is 0 Å². The molecule has 2 fully saturated rings. The molecule has 1 aromatic heterocycles. The first-order valence-corrected chi connectivity index (χ1v) is 7.83. The predicted octanol–water partition coefficient (Wildman–Crippen LogP) is 2.63. The minimum Gasteiger partial charge on any atom is -0.399 e. The van der Waals surface area contributed by atoms with Crippen molar-refractivity contribution in [2.45, 2.75) is 77.6 Å². The minimum atomic E-state index is -2.42. The van der Waals surface area contributed by atoms with Crippen molar-refractivity contribution in [3.8, 4) is 0 Å². The van der Waals surface area contributed by atoms with Gasteiger partial charge < -0.3 is 9.31 Å². The Hall–Kier alpha value is -0.945. The largest absolute Gasteiger partial charge is 0.498 e. The van der Waals surface area contributed by atoms with E-state index in [-0.39, 0.29) is 6.54 Å². The van der Waals surface area contributed by atoms with Crippen LogP contribution < -0.4 is 5.46 Å². The summed E-state index contributed by atoms with van der Waals surface area (Å²) >= 11 is 0. The van der Waals surface area contributed by atoms with Crippen LogP contribution in [0.5, 0.6) is 0 Å². The number of rotatable bonds is 4. The highest BCUT2D eigenvalue weighted by atomic mass is 19.3. The summed E-state index contributed by atoms with van der Waals surface area (Å²) in [6.07, 6.45) is -0.313. The second-order valence-electron chi connectivity index (χ2n) is 7.32. The van der Waals surface area contributed by atoms with Gasteiger partial charge in [0, 0.05) is 17.1 Å². The van der Waals surface area contributed by atoms with Gasteiger partial charge in [-0.05, 0) is 47.5 Å². The van der Waals surface area contributed by atoms with E-state index in [2.05, 4.69) is 5.10 Å². The zero-order valence-electron chi connectivity index (χ0n) is 13.8. The molecule has 122 valence electrons. The third-order valence-corrected chi connectivity index (χ3v) is 5.05. The van der Waals surface area contributed by atoms with Crippen LogP contribution in [0.3, 0.4) is 0 Å². The van der Waals surface area contributed by atoms with Crippen molar-refractivity contribution in [1.29, 1.82) is 0 Å². The van der Waals surface area contributed by atoms with Gasteiger partial charge in [0.25, 0.3) is 6.43 Å². The van der Waals surface area contributed by atoms with Gasteiger partial charge in [0.05, 0.1) is 16.9 Å². The van der Waals surface area contributed by atoms with Crippen molar-refractivity contribution < 1.29 is 18.1 Å². The number of aromatic nitrogens is 2. The van der Waals surface area contributed by atoms with Crippen LogP contribution in [0, 0.1) is 6.92 Å². The summed E-state index contributed by atoms with van der Waals surface area (Å²) in [5.41, 5.74) is 1.55. The van der Waals surface area contributed by atoms with E-state index in [1.165, 1.54) is 4.68 Å². The highest BCUT2D eigenvalue weighted by molar-refractivity contribution is 6.63. The molecule has 0 spiro atoms. The monoisotopic (exact) mass is 312 g/mol. The number of hydrogen-bond donors (Lipinski definition) is 0. The van der Waals surface area contributed by atoms with Gasteiger partial charge >= 0.3 is 7.12 Å². The first-order chi connectivity index (χ1) is 10.1. The Kier molecular flexibility index (Phi) is 3.64. The molecule has 1 aromatic rings. The first-order valence-electron chi connectivity index (χ1n) is 7.83. The van der Waals surface area contributed by atoms with E-state index in [0.29, 0.717) is 5.92 Å². The van der Waals surface area contributed by atoms with Crippen molar-refractivity contribution in [3.63, 3.8) is 0 Å². The van der Waals surface area contributed by atoms with Crippen LogP contribution in [-0.2, 0) is 15.9 Å². The zero-order chi connectivity index (χ0) is 16.3. The van der Waals surface area contributed by atoms with Gasteiger partial charge in [-0.1, -0.05) is 0 Å². The molecule has 1 saturated heterocycles. The van der Waals surface area contributed by atoms with Crippen molar-refractivity contribution in [2.75, 3.05) is 0 Å². The third-order valence-electron chi connectivity index (χ3n) is 5.05. The zero-order valence-corrected chi connectivity index (χ0v) is 13.8. The topological polar surface area (TPSA) is 36.3 Å². The lowest BCUT2D eigenvalue weighted by molar-refractivity contribution is 0.00578. The molecule has 0 aromatic carbocycles. The predicted molar refractivity (Wildman–Crippen MR) is 80.7 cm³/mol. The Morgan fingerprint density at radius 1 is 1.23 bits per heavy atom. The van der Waals surface area contributed by atoms with E-state index in [4.69, 9.17) is 9.31 Å². The SMILES string of the molecule is Cc1c(B2OC(C)(C)C(C)(C)O2)c(C2CC2)nn1CC(F)F. The second-order valence-corrected chi connectivity index (χ2v) is 7.32. The molecule has 1 saturated carbocycles. The van der Waals surface area contributed by atoms with Crippen molar-refractivity contribution >= 4 is 12.6 Å². The van der Waals surface area contributed by atoms with Crippen LogP contribution in [0.2, 0.25) is 0 Å². The van der Waals surface area contributed by atoms with E-state index in [9.17, 15) is 8.78 Å². The molecule has 4 nitrogen and oxygen atoms in total. The maximum Gasteiger partial charge on any atom is 0.498 e. The Morgan fingerprint density at radius 3 is 2.23 bits per heavy atom.